The van der Waals surface area contributed by atoms with E-state index in [0.29, 0.717) is 0 Å². The molecule has 0 fully saturated rings. The number of nitrogens with zero attached hydrogens (tertiary/aromatic N) is 2. The maximum absolute atomic E-state index is 12.1. The van der Waals surface area contributed by atoms with Crippen molar-refractivity contribution in [3.63, 3.8) is 0 Å². The Labute approximate surface area is 132 Å². The van der Waals surface area contributed by atoms with Gasteiger partial charge in [0.1, 0.15) is 12.1 Å². The third-order valence-electron chi connectivity index (χ3n) is 3.86. The Morgan fingerprint density at radius 2 is 1.08 bits per heavy atom. The van der Waals surface area contributed by atoms with E-state index in [1.54, 1.807) is 12.1 Å². The molecule has 2 aliphatic rings. The van der Waals surface area contributed by atoms with Crippen LogP contribution in [0.15, 0.2) is 12.1 Å². The van der Waals surface area contributed by atoms with Gasteiger partial charge in [0.25, 0.3) is 0 Å². The second kappa shape index (κ2) is 4.24. The number of ether oxygens (including phenoxy) is 2. The molecule has 0 spiro atoms. The average molecular weight is 318 g/mol. The number of rotatable bonds is 0. The van der Waals surface area contributed by atoms with Crippen LogP contribution < -0.4 is 0 Å². The van der Waals surface area contributed by atoms with E-state index in [2.05, 4.69) is 9.47 Å². The van der Waals surface area contributed by atoms with Crippen molar-refractivity contribution in [1.29, 1.82) is 10.5 Å². The number of hydrogen-bond acceptors (Lipinski definition) is 8. The molecule has 0 atom stereocenters. The van der Waals surface area contributed by atoms with Gasteiger partial charge in [-0.05, 0) is 12.1 Å². The normalized spacial score (nSPS) is 14.8. The molecule has 0 N–H and O–H groups in total. The Balaban J connectivity index is 2.40. The van der Waals surface area contributed by atoms with Gasteiger partial charge in [0.2, 0.25) is 0 Å². The van der Waals surface area contributed by atoms with Crippen molar-refractivity contribution in [2.45, 2.75) is 0 Å². The Hall–Kier alpha value is -4.04. The van der Waals surface area contributed by atoms with Crippen molar-refractivity contribution >= 4 is 34.6 Å². The van der Waals surface area contributed by atoms with Gasteiger partial charge in [0, 0.05) is 10.8 Å². The van der Waals surface area contributed by atoms with E-state index in [9.17, 15) is 29.7 Å². The van der Waals surface area contributed by atoms with E-state index in [4.69, 9.17) is 0 Å². The molecule has 24 heavy (non-hydrogen) atoms. The third kappa shape index (κ3) is 1.44. The van der Waals surface area contributed by atoms with E-state index in [1.807, 2.05) is 0 Å². The predicted octanol–water partition coefficient (Wildman–Crippen LogP) is 1.20. The van der Waals surface area contributed by atoms with Gasteiger partial charge in [-0.2, -0.15) is 10.5 Å². The first-order valence-corrected chi connectivity index (χ1v) is 6.48. The molecule has 0 unspecified atom stereocenters. The average Bonchev–Trinajstić information content (AvgIpc) is 2.56. The summed E-state index contributed by atoms with van der Waals surface area (Å²) >= 11 is 0. The van der Waals surface area contributed by atoms with Gasteiger partial charge < -0.3 is 9.47 Å². The van der Waals surface area contributed by atoms with E-state index in [0.717, 1.165) is 12.1 Å². The van der Waals surface area contributed by atoms with Crippen LogP contribution in [-0.2, 0) is 9.47 Å². The molecule has 2 aromatic carbocycles. The van der Waals surface area contributed by atoms with Gasteiger partial charge in [-0.25, -0.2) is 19.2 Å². The van der Waals surface area contributed by atoms with Crippen LogP contribution in [0.2, 0.25) is 0 Å². The number of hydrogen-bond donors (Lipinski definition) is 0. The topological polar surface area (TPSA) is 134 Å². The molecular weight excluding hydrogens is 316 g/mol. The minimum absolute atomic E-state index is 0.00394. The largest absolute Gasteiger partial charge is 0.386 e. The molecule has 0 radical (unpaired) electrons. The SMILES string of the molecule is N#Cc1cc2c3c(cc(C#N)c4c3c1C(=O)OC4=O)C(=O)OC2=O. The van der Waals surface area contributed by atoms with Crippen LogP contribution in [0.25, 0.3) is 10.8 Å². The summed E-state index contributed by atoms with van der Waals surface area (Å²) in [5, 5.41) is 18.4. The summed E-state index contributed by atoms with van der Waals surface area (Å²) in [5.41, 5.74) is -1.22. The molecule has 2 aromatic rings. The summed E-state index contributed by atoms with van der Waals surface area (Å²) in [6, 6.07) is 5.69. The number of carbonyl (C=O) groups is 4. The number of nitriles is 2. The highest BCUT2D eigenvalue weighted by Crippen LogP contribution is 2.39. The van der Waals surface area contributed by atoms with E-state index in [-0.39, 0.29) is 44.2 Å². The monoisotopic (exact) mass is 318 g/mol. The molecule has 0 saturated heterocycles. The molecule has 8 nitrogen and oxygen atoms in total. The highest BCUT2D eigenvalue weighted by Gasteiger charge is 2.39. The molecule has 0 saturated carbocycles. The van der Waals surface area contributed by atoms with Gasteiger partial charge in [-0.1, -0.05) is 0 Å². The second-order valence-electron chi connectivity index (χ2n) is 5.02. The van der Waals surface area contributed by atoms with Crippen LogP contribution in [0.1, 0.15) is 52.6 Å². The Kier molecular flexibility index (Phi) is 2.41. The molecule has 4 rings (SSSR count). The molecule has 0 bridgehead atoms. The van der Waals surface area contributed by atoms with Gasteiger partial charge in [-0.15, -0.1) is 0 Å². The summed E-state index contributed by atoms with van der Waals surface area (Å²) in [6.45, 7) is 0. The Morgan fingerprint density at radius 1 is 0.667 bits per heavy atom. The second-order valence-corrected chi connectivity index (χ2v) is 5.02. The first kappa shape index (κ1) is 13.6. The zero-order valence-electron chi connectivity index (χ0n) is 11.5. The number of esters is 4. The predicted molar refractivity (Wildman–Crippen MR) is 72.9 cm³/mol. The molecule has 0 aromatic heterocycles. The van der Waals surface area contributed by atoms with Gasteiger partial charge in [0.05, 0.1) is 33.4 Å². The van der Waals surface area contributed by atoms with Crippen molar-refractivity contribution in [2.75, 3.05) is 0 Å². The van der Waals surface area contributed by atoms with E-state index in [1.165, 1.54) is 0 Å². The van der Waals surface area contributed by atoms with Crippen molar-refractivity contribution in [1.82, 2.24) is 0 Å². The van der Waals surface area contributed by atoms with Crippen molar-refractivity contribution in [3.05, 3.63) is 45.5 Å². The molecular formula is C16H2N2O6. The van der Waals surface area contributed by atoms with Crippen molar-refractivity contribution < 1.29 is 28.7 Å². The van der Waals surface area contributed by atoms with Crippen LogP contribution in [0.4, 0.5) is 0 Å². The van der Waals surface area contributed by atoms with Crippen LogP contribution >= 0.6 is 0 Å². The van der Waals surface area contributed by atoms with Crippen LogP contribution in [-0.4, -0.2) is 23.9 Å². The minimum atomic E-state index is -1.08. The molecule has 2 heterocycles. The molecule has 0 aliphatic carbocycles. The van der Waals surface area contributed by atoms with E-state index < -0.39 is 23.9 Å². The number of cyclic esters (lactones) is 4. The summed E-state index contributed by atoms with van der Waals surface area (Å²) in [5.74, 6) is -4.17. The lowest BCUT2D eigenvalue weighted by Gasteiger charge is -2.23. The number of benzene rings is 2. The third-order valence-corrected chi connectivity index (χ3v) is 3.86. The first-order chi connectivity index (χ1) is 11.5. The molecule has 112 valence electrons. The van der Waals surface area contributed by atoms with Crippen LogP contribution in [0, 0.1) is 22.7 Å². The van der Waals surface area contributed by atoms with Crippen molar-refractivity contribution in [2.24, 2.45) is 0 Å². The maximum atomic E-state index is 12.1. The molecule has 2 aliphatic heterocycles. The maximum Gasteiger partial charge on any atom is 0.348 e. The highest BCUT2D eigenvalue weighted by molar-refractivity contribution is 6.30. The van der Waals surface area contributed by atoms with Crippen LogP contribution in [0.5, 0.6) is 0 Å². The highest BCUT2D eigenvalue weighted by atomic mass is 16.6. The summed E-state index contributed by atoms with van der Waals surface area (Å²) < 4.78 is 9.18. The zero-order chi connectivity index (χ0) is 17.2. The lowest BCUT2D eigenvalue weighted by Crippen LogP contribution is -2.27. The fourth-order valence-electron chi connectivity index (χ4n) is 2.94. The van der Waals surface area contributed by atoms with Crippen LogP contribution in [0.3, 0.4) is 0 Å². The summed E-state index contributed by atoms with van der Waals surface area (Å²) in [6.07, 6.45) is 0. The quantitative estimate of drug-likeness (QED) is 0.522. The molecule has 8 heteroatoms. The lowest BCUT2D eigenvalue weighted by atomic mass is 9.84. The fourth-order valence-corrected chi connectivity index (χ4v) is 2.94. The minimum Gasteiger partial charge on any atom is -0.386 e. The first-order valence-electron chi connectivity index (χ1n) is 6.48. The fraction of sp³-hybridized carbons (Fsp3) is 0. The van der Waals surface area contributed by atoms with Gasteiger partial charge in [0.15, 0.2) is 0 Å². The Morgan fingerprint density at radius 3 is 1.50 bits per heavy atom. The van der Waals surface area contributed by atoms with Crippen molar-refractivity contribution in [3.8, 4) is 12.1 Å². The van der Waals surface area contributed by atoms with Gasteiger partial charge >= 0.3 is 23.9 Å². The smallest absolute Gasteiger partial charge is 0.348 e. The summed E-state index contributed by atoms with van der Waals surface area (Å²) in [4.78, 5) is 48.1. The van der Waals surface area contributed by atoms with Gasteiger partial charge in [-0.3, -0.25) is 0 Å². The van der Waals surface area contributed by atoms with E-state index >= 15 is 0 Å². The number of carbonyl (C=O) groups excluding carboxylic acids is 4. The lowest BCUT2D eigenvalue weighted by molar-refractivity contribution is 0.0365. The Bertz CT molecular complexity index is 1060. The standard InChI is InChI=1S/C16H2N2O6/c17-3-5-1-7-11-8(14(20)23-13(7)19)2-6(4-18)10-12(11)9(5)15(21)24-16(10)22/h1-2H. The summed E-state index contributed by atoms with van der Waals surface area (Å²) in [7, 11) is 0. The zero-order valence-corrected chi connectivity index (χ0v) is 11.5. The molecule has 0 amide bonds.